The molecule has 0 unspecified atom stereocenters. The van der Waals surface area contributed by atoms with Gasteiger partial charge >= 0.3 is 6.03 Å². The van der Waals surface area contributed by atoms with Crippen LogP contribution in [0.25, 0.3) is 11.3 Å². The van der Waals surface area contributed by atoms with Crippen LogP contribution in [0.3, 0.4) is 0 Å². The largest absolute Gasteiger partial charge is 0.352 e. The average molecular weight is 391 g/mol. The molecule has 7 heteroatoms. The fraction of sp³-hybridized carbons (Fsp3) is 0.227. The second-order valence-corrected chi connectivity index (χ2v) is 7.00. The Labute approximate surface area is 169 Å². The topological polar surface area (TPSA) is 61.4 Å². The summed E-state index contributed by atoms with van der Waals surface area (Å²) in [6.07, 6.45) is 0. The second-order valence-electron chi connectivity index (χ2n) is 7.00. The first-order chi connectivity index (χ1) is 14.1. The smallest absolute Gasteiger partial charge is 0.321 e. The van der Waals surface area contributed by atoms with Gasteiger partial charge in [-0.05, 0) is 48.9 Å². The Morgan fingerprint density at radius 3 is 2.31 bits per heavy atom. The van der Waals surface area contributed by atoms with E-state index in [1.165, 1.54) is 12.1 Å². The molecule has 2 heterocycles. The Bertz CT molecular complexity index is 983. The molecule has 148 valence electrons. The molecule has 0 atom stereocenters. The quantitative estimate of drug-likeness (QED) is 0.735. The summed E-state index contributed by atoms with van der Waals surface area (Å²) in [6, 6.07) is 17.6. The van der Waals surface area contributed by atoms with Crippen molar-refractivity contribution in [2.75, 3.05) is 36.4 Å². The number of anilines is 2. The monoisotopic (exact) mass is 391 g/mol. The van der Waals surface area contributed by atoms with E-state index in [1.807, 2.05) is 30.3 Å². The summed E-state index contributed by atoms with van der Waals surface area (Å²) in [7, 11) is 0. The zero-order chi connectivity index (χ0) is 20.2. The lowest BCUT2D eigenvalue weighted by Gasteiger charge is -2.35. The molecule has 0 radical (unpaired) electrons. The first-order valence-corrected chi connectivity index (χ1v) is 9.56. The summed E-state index contributed by atoms with van der Waals surface area (Å²) < 4.78 is 13.0. The van der Waals surface area contributed by atoms with E-state index in [1.54, 1.807) is 17.0 Å². The molecule has 0 saturated carbocycles. The first kappa shape index (κ1) is 18.9. The predicted molar refractivity (Wildman–Crippen MR) is 111 cm³/mol. The summed E-state index contributed by atoms with van der Waals surface area (Å²) >= 11 is 0. The molecule has 1 aromatic heterocycles. The van der Waals surface area contributed by atoms with E-state index in [2.05, 4.69) is 33.4 Å². The standard InChI is InChI=1S/C22H22FN5O/c1-16-4-2-3-5-19(16)20-10-11-21(26-25-20)27-12-14-28(15-13-27)22(29)24-18-8-6-17(23)7-9-18/h2-11H,12-15H2,1H3,(H,24,29). The van der Waals surface area contributed by atoms with Crippen LogP contribution in [0, 0.1) is 12.7 Å². The summed E-state index contributed by atoms with van der Waals surface area (Å²) in [5, 5.41) is 11.6. The van der Waals surface area contributed by atoms with Crippen molar-refractivity contribution in [2.45, 2.75) is 6.92 Å². The maximum absolute atomic E-state index is 13.0. The summed E-state index contributed by atoms with van der Waals surface area (Å²) in [4.78, 5) is 16.3. The van der Waals surface area contributed by atoms with Crippen LogP contribution in [0.2, 0.25) is 0 Å². The molecule has 1 fully saturated rings. The van der Waals surface area contributed by atoms with E-state index in [-0.39, 0.29) is 11.8 Å². The van der Waals surface area contributed by atoms with Crippen LogP contribution in [-0.4, -0.2) is 47.3 Å². The Kier molecular flexibility index (Phi) is 5.37. The molecule has 0 bridgehead atoms. The number of benzene rings is 2. The average Bonchev–Trinajstić information content (AvgIpc) is 2.76. The molecule has 1 saturated heterocycles. The number of aromatic nitrogens is 2. The molecule has 1 aliphatic heterocycles. The summed E-state index contributed by atoms with van der Waals surface area (Å²) in [6.45, 7) is 4.56. The molecular formula is C22H22FN5O. The maximum atomic E-state index is 13.0. The van der Waals surface area contributed by atoms with Gasteiger partial charge in [-0.2, -0.15) is 0 Å². The number of urea groups is 1. The SMILES string of the molecule is Cc1ccccc1-c1ccc(N2CCN(C(=O)Nc3ccc(F)cc3)CC2)nn1. The Hall–Kier alpha value is -3.48. The predicted octanol–water partition coefficient (Wildman–Crippen LogP) is 3.95. The molecule has 2 aromatic carbocycles. The van der Waals surface area contributed by atoms with E-state index in [9.17, 15) is 9.18 Å². The minimum absolute atomic E-state index is 0.183. The highest BCUT2D eigenvalue weighted by Crippen LogP contribution is 2.22. The van der Waals surface area contributed by atoms with Crippen LogP contribution >= 0.6 is 0 Å². The van der Waals surface area contributed by atoms with Gasteiger partial charge in [-0.25, -0.2) is 9.18 Å². The van der Waals surface area contributed by atoms with Crippen LogP contribution < -0.4 is 10.2 Å². The fourth-order valence-corrected chi connectivity index (χ4v) is 3.37. The number of aryl methyl sites for hydroxylation is 1. The van der Waals surface area contributed by atoms with Crippen molar-refractivity contribution >= 4 is 17.5 Å². The van der Waals surface area contributed by atoms with Gasteiger partial charge in [0, 0.05) is 37.4 Å². The number of nitrogens with zero attached hydrogens (tertiary/aromatic N) is 4. The molecule has 0 aliphatic carbocycles. The third kappa shape index (κ3) is 4.34. The second kappa shape index (κ2) is 8.26. The van der Waals surface area contributed by atoms with Gasteiger partial charge in [0.25, 0.3) is 0 Å². The van der Waals surface area contributed by atoms with Gasteiger partial charge in [0.05, 0.1) is 5.69 Å². The van der Waals surface area contributed by atoms with Gasteiger partial charge in [0.1, 0.15) is 5.82 Å². The van der Waals surface area contributed by atoms with E-state index < -0.39 is 0 Å². The van der Waals surface area contributed by atoms with E-state index in [0.717, 1.165) is 22.6 Å². The number of hydrogen-bond acceptors (Lipinski definition) is 4. The minimum atomic E-state index is -0.328. The minimum Gasteiger partial charge on any atom is -0.352 e. The summed E-state index contributed by atoms with van der Waals surface area (Å²) in [5.41, 5.74) is 3.67. The Balaban J connectivity index is 1.35. The fourth-order valence-electron chi connectivity index (χ4n) is 3.37. The van der Waals surface area contributed by atoms with Crippen molar-refractivity contribution < 1.29 is 9.18 Å². The van der Waals surface area contributed by atoms with Crippen molar-refractivity contribution in [3.05, 3.63) is 72.0 Å². The molecule has 0 spiro atoms. The van der Waals surface area contributed by atoms with Crippen LogP contribution in [-0.2, 0) is 0 Å². The molecule has 3 aromatic rings. The number of carbonyl (C=O) groups is 1. The van der Waals surface area contributed by atoms with Crippen LogP contribution in [0.5, 0.6) is 0 Å². The van der Waals surface area contributed by atoms with E-state index in [4.69, 9.17) is 0 Å². The molecular weight excluding hydrogens is 369 g/mol. The van der Waals surface area contributed by atoms with Gasteiger partial charge in [0.15, 0.2) is 5.82 Å². The molecule has 29 heavy (non-hydrogen) atoms. The highest BCUT2D eigenvalue weighted by molar-refractivity contribution is 5.89. The lowest BCUT2D eigenvalue weighted by Crippen LogP contribution is -2.50. The Morgan fingerprint density at radius 2 is 1.66 bits per heavy atom. The number of halogens is 1. The molecule has 6 nitrogen and oxygen atoms in total. The maximum Gasteiger partial charge on any atom is 0.321 e. The number of rotatable bonds is 3. The van der Waals surface area contributed by atoms with Gasteiger partial charge in [0.2, 0.25) is 0 Å². The third-order valence-electron chi connectivity index (χ3n) is 5.06. The lowest BCUT2D eigenvalue weighted by atomic mass is 10.1. The van der Waals surface area contributed by atoms with Crippen LogP contribution in [0.15, 0.2) is 60.7 Å². The van der Waals surface area contributed by atoms with E-state index in [0.29, 0.717) is 31.9 Å². The number of amides is 2. The molecule has 1 N–H and O–H groups in total. The lowest BCUT2D eigenvalue weighted by molar-refractivity contribution is 0.208. The zero-order valence-electron chi connectivity index (χ0n) is 16.2. The van der Waals surface area contributed by atoms with Crippen LogP contribution in [0.1, 0.15) is 5.56 Å². The van der Waals surface area contributed by atoms with Crippen molar-refractivity contribution in [3.8, 4) is 11.3 Å². The number of hydrogen-bond donors (Lipinski definition) is 1. The van der Waals surface area contributed by atoms with E-state index >= 15 is 0 Å². The normalized spacial score (nSPS) is 14.0. The van der Waals surface area contributed by atoms with Gasteiger partial charge < -0.3 is 15.1 Å². The number of nitrogens with one attached hydrogen (secondary N) is 1. The highest BCUT2D eigenvalue weighted by Gasteiger charge is 2.22. The van der Waals surface area contributed by atoms with Crippen molar-refractivity contribution in [1.29, 1.82) is 0 Å². The van der Waals surface area contributed by atoms with Crippen molar-refractivity contribution in [1.82, 2.24) is 15.1 Å². The zero-order valence-corrected chi connectivity index (χ0v) is 16.2. The first-order valence-electron chi connectivity index (χ1n) is 9.56. The van der Waals surface area contributed by atoms with Crippen molar-refractivity contribution in [2.24, 2.45) is 0 Å². The van der Waals surface area contributed by atoms with Crippen LogP contribution in [0.4, 0.5) is 20.7 Å². The molecule has 2 amide bonds. The highest BCUT2D eigenvalue weighted by atomic mass is 19.1. The molecule has 4 rings (SSSR count). The number of carbonyl (C=O) groups excluding carboxylic acids is 1. The van der Waals surface area contributed by atoms with Gasteiger partial charge in [-0.1, -0.05) is 24.3 Å². The Morgan fingerprint density at radius 1 is 0.931 bits per heavy atom. The molecule has 1 aliphatic rings. The van der Waals surface area contributed by atoms with Gasteiger partial charge in [-0.3, -0.25) is 0 Å². The number of piperazine rings is 1. The van der Waals surface area contributed by atoms with Crippen molar-refractivity contribution in [3.63, 3.8) is 0 Å². The summed E-state index contributed by atoms with van der Waals surface area (Å²) in [5.74, 6) is 0.479. The third-order valence-corrected chi connectivity index (χ3v) is 5.06. The van der Waals surface area contributed by atoms with Gasteiger partial charge in [-0.15, -0.1) is 10.2 Å².